The number of aliphatic hydroxyl groups is 1. The van der Waals surface area contributed by atoms with E-state index in [-0.39, 0.29) is 11.7 Å². The predicted molar refractivity (Wildman–Crippen MR) is 129 cm³/mol. The van der Waals surface area contributed by atoms with Gasteiger partial charge in [-0.3, -0.25) is 0 Å². The van der Waals surface area contributed by atoms with E-state index in [1.54, 1.807) is 19.2 Å². The van der Waals surface area contributed by atoms with Gasteiger partial charge in [0.1, 0.15) is 11.6 Å². The van der Waals surface area contributed by atoms with Crippen molar-refractivity contribution in [3.63, 3.8) is 0 Å². The number of methoxy groups -OCH3 is 1. The van der Waals surface area contributed by atoms with E-state index < -0.39 is 11.0 Å². The molecule has 1 saturated carbocycles. The third-order valence-electron chi connectivity index (χ3n) is 7.74. The smallest absolute Gasteiger partial charge is 0.123 e. The molecule has 0 spiro atoms. The number of benzene rings is 2. The number of H-pyrrole nitrogens is 1. The molecule has 172 valence electrons. The number of halogens is 1. The van der Waals surface area contributed by atoms with Gasteiger partial charge in [0.2, 0.25) is 0 Å². The maximum absolute atomic E-state index is 14.3. The maximum atomic E-state index is 14.3. The lowest BCUT2D eigenvalue weighted by molar-refractivity contribution is -0.0565. The van der Waals surface area contributed by atoms with Crippen LogP contribution >= 0.6 is 0 Å². The molecule has 4 heteroatoms. The molecule has 1 aliphatic carbocycles. The fourth-order valence-corrected chi connectivity index (χ4v) is 5.79. The molecule has 0 amide bonds. The van der Waals surface area contributed by atoms with Crippen molar-refractivity contribution in [2.75, 3.05) is 7.11 Å². The van der Waals surface area contributed by atoms with E-state index in [1.165, 1.54) is 17.9 Å². The van der Waals surface area contributed by atoms with Crippen molar-refractivity contribution in [1.82, 2.24) is 4.98 Å². The summed E-state index contributed by atoms with van der Waals surface area (Å²) in [5.41, 5.74) is 1.70. The third-order valence-corrected chi connectivity index (χ3v) is 7.74. The molecule has 32 heavy (non-hydrogen) atoms. The van der Waals surface area contributed by atoms with Crippen LogP contribution in [0.5, 0.6) is 5.75 Å². The quantitative estimate of drug-likeness (QED) is 0.401. The molecule has 2 aromatic carbocycles. The molecule has 2 atom stereocenters. The monoisotopic (exact) mass is 437 g/mol. The number of ether oxygens (including phenoxy) is 1. The molecule has 1 fully saturated rings. The Morgan fingerprint density at radius 2 is 1.84 bits per heavy atom. The summed E-state index contributed by atoms with van der Waals surface area (Å²) in [6.45, 7) is 4.26. The summed E-state index contributed by atoms with van der Waals surface area (Å²) in [6, 6.07) is 15.1. The SMILES string of the molecule is CCC(C)(CC(O)(Cc1cc2ccccc2[nH]1)C1CCCCC1)c1cc(F)ccc1OC. The largest absolute Gasteiger partial charge is 0.496 e. The normalized spacial score (nSPS) is 18.9. The summed E-state index contributed by atoms with van der Waals surface area (Å²) in [6.07, 6.45) is 7.55. The van der Waals surface area contributed by atoms with Gasteiger partial charge in [-0.25, -0.2) is 4.39 Å². The second kappa shape index (κ2) is 9.27. The molecule has 1 aliphatic rings. The molecular weight excluding hydrogens is 401 g/mol. The van der Waals surface area contributed by atoms with Crippen molar-refractivity contribution in [3.8, 4) is 5.75 Å². The van der Waals surface area contributed by atoms with E-state index >= 15 is 0 Å². The first-order valence-corrected chi connectivity index (χ1v) is 12.0. The van der Waals surface area contributed by atoms with Crippen molar-refractivity contribution < 1.29 is 14.2 Å². The van der Waals surface area contributed by atoms with E-state index in [0.717, 1.165) is 48.9 Å². The molecule has 3 nitrogen and oxygen atoms in total. The maximum Gasteiger partial charge on any atom is 0.123 e. The highest BCUT2D eigenvalue weighted by atomic mass is 19.1. The molecule has 0 bridgehead atoms. The molecule has 0 aliphatic heterocycles. The Labute approximate surface area is 191 Å². The van der Waals surface area contributed by atoms with Crippen LogP contribution in [0.2, 0.25) is 0 Å². The van der Waals surface area contributed by atoms with Crippen molar-refractivity contribution in [2.24, 2.45) is 5.92 Å². The van der Waals surface area contributed by atoms with Crippen molar-refractivity contribution in [2.45, 2.75) is 76.2 Å². The van der Waals surface area contributed by atoms with Gasteiger partial charge in [-0.15, -0.1) is 0 Å². The van der Waals surface area contributed by atoms with Crippen LogP contribution in [-0.4, -0.2) is 22.8 Å². The summed E-state index contributed by atoms with van der Waals surface area (Å²) in [7, 11) is 1.63. The second-order valence-corrected chi connectivity index (χ2v) is 9.93. The van der Waals surface area contributed by atoms with Gasteiger partial charge in [0.05, 0.1) is 12.7 Å². The minimum Gasteiger partial charge on any atom is -0.496 e. The van der Waals surface area contributed by atoms with Crippen molar-refractivity contribution in [1.29, 1.82) is 0 Å². The van der Waals surface area contributed by atoms with Crippen LogP contribution in [0.1, 0.15) is 70.1 Å². The second-order valence-electron chi connectivity index (χ2n) is 9.93. The highest BCUT2D eigenvalue weighted by Gasteiger charge is 2.44. The summed E-state index contributed by atoms with van der Waals surface area (Å²) in [5.74, 6) is 0.651. The van der Waals surface area contributed by atoms with Gasteiger partial charge in [0.15, 0.2) is 0 Å². The Bertz CT molecular complexity index is 1020. The zero-order valence-electron chi connectivity index (χ0n) is 19.6. The van der Waals surface area contributed by atoms with E-state index in [9.17, 15) is 9.50 Å². The highest BCUT2D eigenvalue weighted by molar-refractivity contribution is 5.80. The number of fused-ring (bicyclic) bond motifs is 1. The number of hydrogen-bond acceptors (Lipinski definition) is 2. The van der Waals surface area contributed by atoms with Crippen LogP contribution < -0.4 is 4.74 Å². The molecule has 1 aromatic heterocycles. The minimum absolute atomic E-state index is 0.230. The Morgan fingerprint density at radius 3 is 2.53 bits per heavy atom. The molecule has 3 aromatic rings. The van der Waals surface area contributed by atoms with Crippen LogP contribution in [0.3, 0.4) is 0 Å². The lowest BCUT2D eigenvalue weighted by Gasteiger charge is -2.44. The number of hydrogen-bond donors (Lipinski definition) is 2. The minimum atomic E-state index is -0.886. The predicted octanol–water partition coefficient (Wildman–Crippen LogP) is 6.93. The summed E-state index contributed by atoms with van der Waals surface area (Å²) in [5, 5.41) is 13.5. The summed E-state index contributed by atoms with van der Waals surface area (Å²) >= 11 is 0. The van der Waals surface area contributed by atoms with E-state index in [0.29, 0.717) is 18.6 Å². The Morgan fingerprint density at radius 1 is 1.09 bits per heavy atom. The van der Waals surface area contributed by atoms with Gasteiger partial charge in [0.25, 0.3) is 0 Å². The number of aromatic nitrogens is 1. The zero-order valence-corrected chi connectivity index (χ0v) is 19.6. The lowest BCUT2D eigenvalue weighted by Crippen LogP contribution is -2.46. The molecule has 1 heterocycles. The number of para-hydroxylation sites is 1. The Balaban J connectivity index is 1.72. The zero-order chi connectivity index (χ0) is 22.8. The third kappa shape index (κ3) is 4.56. The van der Waals surface area contributed by atoms with Crippen LogP contribution in [0.15, 0.2) is 48.5 Å². The molecule has 0 radical (unpaired) electrons. The first-order chi connectivity index (χ1) is 15.4. The van der Waals surface area contributed by atoms with Crippen molar-refractivity contribution >= 4 is 10.9 Å². The van der Waals surface area contributed by atoms with Crippen LogP contribution in [-0.2, 0) is 11.8 Å². The van der Waals surface area contributed by atoms with E-state index in [4.69, 9.17) is 4.74 Å². The van der Waals surface area contributed by atoms with Gasteiger partial charge in [-0.05, 0) is 72.7 Å². The van der Waals surface area contributed by atoms with Gasteiger partial charge in [-0.2, -0.15) is 0 Å². The van der Waals surface area contributed by atoms with Gasteiger partial charge < -0.3 is 14.8 Å². The number of aromatic amines is 1. The molecule has 0 saturated heterocycles. The van der Waals surface area contributed by atoms with E-state index in [2.05, 4.69) is 37.0 Å². The molecule has 2 N–H and O–H groups in total. The van der Waals surface area contributed by atoms with Crippen LogP contribution in [0.25, 0.3) is 10.9 Å². The van der Waals surface area contributed by atoms with Crippen LogP contribution in [0, 0.1) is 11.7 Å². The Kier molecular flexibility index (Phi) is 6.62. The average Bonchev–Trinajstić information content (AvgIpc) is 3.21. The summed E-state index contributed by atoms with van der Waals surface area (Å²) in [4.78, 5) is 3.52. The van der Waals surface area contributed by atoms with E-state index in [1.807, 2.05) is 12.1 Å². The lowest BCUT2D eigenvalue weighted by atomic mass is 9.64. The summed E-state index contributed by atoms with van der Waals surface area (Å²) < 4.78 is 19.9. The van der Waals surface area contributed by atoms with Crippen LogP contribution in [0.4, 0.5) is 4.39 Å². The highest BCUT2D eigenvalue weighted by Crippen LogP contribution is 2.46. The number of rotatable bonds is 8. The molecule has 4 rings (SSSR count). The first-order valence-electron chi connectivity index (χ1n) is 12.0. The van der Waals surface area contributed by atoms with Gasteiger partial charge >= 0.3 is 0 Å². The standard InChI is InChI=1S/C28H36FNO2/c1-4-27(2,24-17-22(29)14-15-26(24)32-3)19-28(31,21-11-6-5-7-12-21)18-23-16-20-10-8-9-13-25(20)30-23/h8-10,13-17,21,30-31H,4-7,11-12,18-19H2,1-3H3. The first kappa shape index (κ1) is 22.8. The molecule has 2 unspecified atom stereocenters. The Hall–Kier alpha value is -2.33. The topological polar surface area (TPSA) is 45.2 Å². The van der Waals surface area contributed by atoms with Gasteiger partial charge in [-0.1, -0.05) is 51.3 Å². The van der Waals surface area contributed by atoms with Gasteiger partial charge in [0, 0.05) is 23.2 Å². The fourth-order valence-electron chi connectivity index (χ4n) is 5.79. The average molecular weight is 438 g/mol. The number of nitrogens with one attached hydrogen (secondary N) is 1. The van der Waals surface area contributed by atoms with Crippen molar-refractivity contribution in [3.05, 3.63) is 65.6 Å². The fraction of sp³-hybridized carbons (Fsp3) is 0.500. The molecular formula is C28H36FNO2.